The number of carbonyl (C=O) groups excluding carboxylic acids is 2. The van der Waals surface area contributed by atoms with Crippen LogP contribution in [-0.2, 0) is 16.0 Å². The summed E-state index contributed by atoms with van der Waals surface area (Å²) in [5, 5.41) is 3.21. The smallest absolute Gasteiger partial charge is 0.222 e. The number of nitrogens with zero attached hydrogens (tertiary/aromatic N) is 1. The zero-order chi connectivity index (χ0) is 18.7. The molecule has 0 radical (unpaired) electrons. The van der Waals surface area contributed by atoms with Crippen LogP contribution >= 0.6 is 0 Å². The maximum atomic E-state index is 12.2. The molecule has 0 fully saturated rings. The number of hydrogen-bond donors (Lipinski definition) is 1. The lowest BCUT2D eigenvalue weighted by Gasteiger charge is -2.21. The third-order valence-electron chi connectivity index (χ3n) is 4.66. The molecule has 1 heterocycles. The summed E-state index contributed by atoms with van der Waals surface area (Å²) in [6.07, 6.45) is 0.563. The van der Waals surface area contributed by atoms with Crippen molar-refractivity contribution in [2.45, 2.75) is 33.2 Å². The third kappa shape index (κ3) is 3.90. The molecule has 1 aliphatic rings. The lowest BCUT2D eigenvalue weighted by Crippen LogP contribution is -2.46. The Kier molecular flexibility index (Phi) is 5.31. The highest BCUT2D eigenvalue weighted by molar-refractivity contribution is 6.41. The number of hydrogen-bond acceptors (Lipinski definition) is 4. The Balaban J connectivity index is 1.92. The number of aliphatic imine (C=N–C) groups is 1. The molecule has 26 heavy (non-hydrogen) atoms. The van der Waals surface area contributed by atoms with Crippen molar-refractivity contribution in [1.82, 2.24) is 5.32 Å². The lowest BCUT2D eigenvalue weighted by molar-refractivity contribution is -0.137. The Labute approximate surface area is 154 Å². The molecule has 2 aromatic carbocycles. The largest absolute Gasteiger partial charge is 0.363 e. The summed E-state index contributed by atoms with van der Waals surface area (Å²) in [6.45, 7) is 5.88. The highest BCUT2D eigenvalue weighted by Crippen LogP contribution is 2.25. The molecule has 0 bridgehead atoms. The average Bonchev–Trinajstić information content (AvgIpc) is 2.76. The first-order valence-electron chi connectivity index (χ1n) is 8.97. The van der Waals surface area contributed by atoms with Crippen LogP contribution in [0.25, 0.3) is 11.1 Å². The molecule has 3 rings (SSSR count). The van der Waals surface area contributed by atoms with Gasteiger partial charge >= 0.3 is 0 Å². The van der Waals surface area contributed by atoms with Crippen LogP contribution in [0.3, 0.4) is 0 Å². The summed E-state index contributed by atoms with van der Waals surface area (Å²) >= 11 is 0. The predicted octanol–water partition coefficient (Wildman–Crippen LogP) is 3.37. The van der Waals surface area contributed by atoms with Crippen molar-refractivity contribution in [2.75, 3.05) is 6.54 Å². The van der Waals surface area contributed by atoms with Crippen molar-refractivity contribution in [3.8, 4) is 11.1 Å². The molecular weight excluding hydrogens is 324 g/mol. The van der Waals surface area contributed by atoms with E-state index in [4.69, 9.17) is 0 Å². The molecule has 4 heteroatoms. The van der Waals surface area contributed by atoms with Crippen molar-refractivity contribution in [3.63, 3.8) is 0 Å². The van der Waals surface area contributed by atoms with E-state index in [1.54, 1.807) is 0 Å². The molecule has 2 aromatic rings. The first-order valence-corrected chi connectivity index (χ1v) is 8.97. The van der Waals surface area contributed by atoms with Gasteiger partial charge in [-0.15, -0.1) is 0 Å². The minimum Gasteiger partial charge on any atom is -0.363 e. The zero-order valence-corrected chi connectivity index (χ0v) is 15.5. The minimum absolute atomic E-state index is 0.0294. The second-order valence-electron chi connectivity index (χ2n) is 7.12. The summed E-state index contributed by atoms with van der Waals surface area (Å²) in [6, 6.07) is 16.1. The number of nitrogens with one attached hydrogen (secondary N) is 1. The Morgan fingerprint density at radius 1 is 1.12 bits per heavy atom. The zero-order valence-electron chi connectivity index (χ0n) is 15.5. The predicted molar refractivity (Wildman–Crippen MR) is 104 cm³/mol. The van der Waals surface area contributed by atoms with Gasteiger partial charge < -0.3 is 5.32 Å². The highest BCUT2D eigenvalue weighted by Gasteiger charge is 2.30. The van der Waals surface area contributed by atoms with Crippen molar-refractivity contribution < 1.29 is 9.59 Å². The number of rotatable bonds is 4. The molecule has 1 aliphatic heterocycles. The standard InChI is InChI=1S/C22H24N2O2/c1-14(2)21-22(26)19(25)13-23-20(24-21)12-17-8-4-5-10-18(17)16-9-6-7-15(3)11-16/h4-11,14,21H,12-13H2,1-3H3,(H,23,24). The molecular formula is C22H24N2O2. The van der Waals surface area contributed by atoms with Crippen LogP contribution in [0.15, 0.2) is 53.5 Å². The summed E-state index contributed by atoms with van der Waals surface area (Å²) in [4.78, 5) is 28.6. The molecule has 1 N–H and O–H groups in total. The van der Waals surface area contributed by atoms with Gasteiger partial charge in [0.1, 0.15) is 12.4 Å². The van der Waals surface area contributed by atoms with Crippen LogP contribution in [0.5, 0.6) is 0 Å². The van der Waals surface area contributed by atoms with Gasteiger partial charge in [-0.1, -0.05) is 67.9 Å². The van der Waals surface area contributed by atoms with Gasteiger partial charge in [-0.3, -0.25) is 14.6 Å². The molecule has 134 valence electrons. The lowest BCUT2D eigenvalue weighted by atomic mass is 9.95. The van der Waals surface area contributed by atoms with Crippen LogP contribution in [0, 0.1) is 12.8 Å². The molecule has 0 spiro atoms. The number of amidine groups is 1. The summed E-state index contributed by atoms with van der Waals surface area (Å²) < 4.78 is 0. The normalized spacial score (nSPS) is 17.7. The molecule has 0 amide bonds. The van der Waals surface area contributed by atoms with Gasteiger partial charge in [0.25, 0.3) is 0 Å². The third-order valence-corrected chi connectivity index (χ3v) is 4.66. The van der Waals surface area contributed by atoms with Gasteiger partial charge in [-0.2, -0.15) is 0 Å². The average molecular weight is 348 g/mol. The monoisotopic (exact) mass is 348 g/mol. The summed E-state index contributed by atoms with van der Waals surface area (Å²) in [5.74, 6) is -0.0614. The fourth-order valence-corrected chi connectivity index (χ4v) is 3.23. The van der Waals surface area contributed by atoms with Crippen molar-refractivity contribution in [2.24, 2.45) is 10.9 Å². The number of carbonyl (C=O) groups is 2. The van der Waals surface area contributed by atoms with E-state index < -0.39 is 11.8 Å². The van der Waals surface area contributed by atoms with E-state index in [0.29, 0.717) is 12.3 Å². The molecule has 0 aliphatic carbocycles. The maximum Gasteiger partial charge on any atom is 0.222 e. The van der Waals surface area contributed by atoms with Gasteiger partial charge in [0.05, 0.1) is 6.04 Å². The van der Waals surface area contributed by atoms with Crippen molar-refractivity contribution in [3.05, 3.63) is 59.7 Å². The summed E-state index contributed by atoms with van der Waals surface area (Å²) in [7, 11) is 0. The Hall–Kier alpha value is -2.75. The van der Waals surface area contributed by atoms with Gasteiger partial charge in [0, 0.05) is 6.42 Å². The fourth-order valence-electron chi connectivity index (χ4n) is 3.23. The second kappa shape index (κ2) is 7.65. The highest BCUT2D eigenvalue weighted by atomic mass is 16.2. The van der Waals surface area contributed by atoms with Crippen LogP contribution in [0.1, 0.15) is 25.0 Å². The Morgan fingerprint density at radius 3 is 2.62 bits per heavy atom. The number of benzene rings is 2. The Bertz CT molecular complexity index is 868. The van der Waals surface area contributed by atoms with Crippen LogP contribution in [-0.4, -0.2) is 30.0 Å². The molecule has 0 saturated heterocycles. The first-order chi connectivity index (χ1) is 12.5. The van der Waals surface area contributed by atoms with Gasteiger partial charge in [-0.25, -0.2) is 0 Å². The number of Topliss-reactive ketones (excluding diaryl/α,β-unsaturated/α-hetero) is 2. The molecule has 0 aromatic heterocycles. The molecule has 0 saturated carbocycles. The van der Waals surface area contributed by atoms with E-state index in [1.807, 2.05) is 26.0 Å². The van der Waals surface area contributed by atoms with E-state index in [9.17, 15) is 9.59 Å². The second-order valence-corrected chi connectivity index (χ2v) is 7.12. The van der Waals surface area contributed by atoms with E-state index in [2.05, 4.69) is 53.6 Å². The topological polar surface area (TPSA) is 58.5 Å². The van der Waals surface area contributed by atoms with Gasteiger partial charge in [0.2, 0.25) is 11.6 Å². The minimum atomic E-state index is -0.505. The molecule has 1 atom stereocenters. The molecule has 4 nitrogen and oxygen atoms in total. The van der Waals surface area contributed by atoms with Gasteiger partial charge in [-0.05, 0) is 29.5 Å². The first kappa shape index (κ1) is 18.1. The van der Waals surface area contributed by atoms with E-state index in [-0.39, 0.29) is 18.2 Å². The van der Waals surface area contributed by atoms with Crippen molar-refractivity contribution >= 4 is 17.4 Å². The van der Waals surface area contributed by atoms with E-state index in [1.165, 1.54) is 5.56 Å². The van der Waals surface area contributed by atoms with Crippen LogP contribution in [0.4, 0.5) is 0 Å². The van der Waals surface area contributed by atoms with Crippen molar-refractivity contribution in [1.29, 1.82) is 0 Å². The van der Waals surface area contributed by atoms with Crippen LogP contribution in [0.2, 0.25) is 0 Å². The van der Waals surface area contributed by atoms with Gasteiger partial charge in [0.15, 0.2) is 0 Å². The Morgan fingerprint density at radius 2 is 1.88 bits per heavy atom. The maximum absolute atomic E-state index is 12.2. The molecule has 1 unspecified atom stereocenters. The van der Waals surface area contributed by atoms with E-state index in [0.717, 1.165) is 16.7 Å². The van der Waals surface area contributed by atoms with Crippen LogP contribution < -0.4 is 5.32 Å². The fraction of sp³-hybridized carbons (Fsp3) is 0.318. The summed E-state index contributed by atoms with van der Waals surface area (Å²) in [5.41, 5.74) is 4.62. The van der Waals surface area contributed by atoms with E-state index >= 15 is 0 Å². The number of aryl methyl sites for hydroxylation is 1. The SMILES string of the molecule is Cc1cccc(-c2ccccc2CC2=NCC(=O)C(=O)C(C(C)C)N2)c1. The quantitative estimate of drug-likeness (QED) is 0.862. The number of ketones is 2.